The number of furan rings is 1. The number of carbonyl (C=O) groups excluding carboxylic acids is 2. The Morgan fingerprint density at radius 2 is 2.16 bits per heavy atom. The summed E-state index contributed by atoms with van der Waals surface area (Å²) in [5, 5.41) is 3.93. The van der Waals surface area contributed by atoms with Crippen LogP contribution in [0.3, 0.4) is 0 Å². The quantitative estimate of drug-likeness (QED) is 0.855. The number of anilines is 1. The van der Waals surface area contributed by atoms with Crippen molar-refractivity contribution in [3.05, 3.63) is 24.0 Å². The molecule has 0 aliphatic carbocycles. The molecule has 1 N–H and O–H groups in total. The van der Waals surface area contributed by atoms with Gasteiger partial charge in [0.25, 0.3) is 5.91 Å². The van der Waals surface area contributed by atoms with Gasteiger partial charge in [-0.05, 0) is 38.8 Å². The number of fused-ring (bicyclic) bond motifs is 4. The van der Waals surface area contributed by atoms with E-state index in [2.05, 4.69) is 22.1 Å². The minimum atomic E-state index is -0.172. The van der Waals surface area contributed by atoms with Crippen LogP contribution < -0.4 is 10.2 Å². The third-order valence-corrected chi connectivity index (χ3v) is 5.60. The molecule has 7 heteroatoms. The van der Waals surface area contributed by atoms with Crippen LogP contribution in [0.2, 0.25) is 0 Å². The predicted octanol–water partition coefficient (Wildman–Crippen LogP) is 1.63. The maximum Gasteiger partial charge on any atom is 0.270 e. The Labute approximate surface area is 146 Å². The van der Waals surface area contributed by atoms with E-state index in [0.29, 0.717) is 35.5 Å². The van der Waals surface area contributed by atoms with E-state index in [9.17, 15) is 9.59 Å². The fraction of sp³-hybridized carbons (Fsp3) is 0.500. The fourth-order valence-corrected chi connectivity index (χ4v) is 4.04. The van der Waals surface area contributed by atoms with Crippen molar-refractivity contribution in [1.29, 1.82) is 0 Å². The molecule has 3 fully saturated rings. The highest BCUT2D eigenvalue weighted by atomic mass is 16.4. The number of hydrogen-bond donors (Lipinski definition) is 1. The highest BCUT2D eigenvalue weighted by Crippen LogP contribution is 2.32. The van der Waals surface area contributed by atoms with Crippen LogP contribution in [-0.2, 0) is 4.79 Å². The van der Waals surface area contributed by atoms with Gasteiger partial charge in [-0.3, -0.25) is 24.4 Å². The molecule has 5 heterocycles. The lowest BCUT2D eigenvalue weighted by molar-refractivity contribution is -0.107. The van der Waals surface area contributed by atoms with Crippen LogP contribution in [0.25, 0.3) is 11.0 Å². The first kappa shape index (κ1) is 16.1. The van der Waals surface area contributed by atoms with Crippen LogP contribution in [0.15, 0.2) is 22.7 Å². The largest absolute Gasteiger partial charge is 0.440 e. The number of aromatic nitrogens is 1. The summed E-state index contributed by atoms with van der Waals surface area (Å²) in [7, 11) is 1.61. The van der Waals surface area contributed by atoms with Gasteiger partial charge in [0, 0.05) is 42.8 Å². The number of nitrogens with one attached hydrogen (secondary N) is 1. The molecular formula is C18H22N4O3. The van der Waals surface area contributed by atoms with Crippen molar-refractivity contribution in [2.75, 3.05) is 25.0 Å². The van der Waals surface area contributed by atoms with Gasteiger partial charge in [-0.2, -0.15) is 0 Å². The molecule has 0 saturated carbocycles. The SMILES string of the molecule is CC1C(NC(=O)c2cc3oc(N(C)C=O)cc3cn2)C2CCN1CC2. The third-order valence-electron chi connectivity index (χ3n) is 5.60. The molecule has 5 rings (SSSR count). The van der Waals surface area contributed by atoms with Crippen molar-refractivity contribution in [1.82, 2.24) is 15.2 Å². The van der Waals surface area contributed by atoms with E-state index in [1.807, 2.05) is 0 Å². The van der Waals surface area contributed by atoms with Crippen LogP contribution in [-0.4, -0.2) is 54.4 Å². The van der Waals surface area contributed by atoms with Gasteiger partial charge < -0.3 is 9.73 Å². The van der Waals surface area contributed by atoms with Crippen molar-refractivity contribution < 1.29 is 14.0 Å². The van der Waals surface area contributed by atoms with E-state index in [0.717, 1.165) is 31.3 Å². The van der Waals surface area contributed by atoms with Crippen molar-refractivity contribution in [3.63, 3.8) is 0 Å². The Morgan fingerprint density at radius 3 is 2.84 bits per heavy atom. The Kier molecular flexibility index (Phi) is 3.95. The topological polar surface area (TPSA) is 78.7 Å². The molecule has 25 heavy (non-hydrogen) atoms. The van der Waals surface area contributed by atoms with Crippen molar-refractivity contribution in [2.45, 2.75) is 31.8 Å². The Morgan fingerprint density at radius 1 is 1.40 bits per heavy atom. The molecule has 3 aliphatic rings. The molecule has 2 amide bonds. The number of nitrogens with zero attached hydrogens (tertiary/aromatic N) is 3. The van der Waals surface area contributed by atoms with E-state index in [1.54, 1.807) is 25.4 Å². The lowest BCUT2D eigenvalue weighted by Crippen LogP contribution is -2.62. The number of piperidine rings is 3. The van der Waals surface area contributed by atoms with Gasteiger partial charge in [0.05, 0.1) is 0 Å². The van der Waals surface area contributed by atoms with Gasteiger partial charge in [0.15, 0.2) is 0 Å². The molecule has 2 aromatic heterocycles. The van der Waals surface area contributed by atoms with Gasteiger partial charge >= 0.3 is 0 Å². The highest BCUT2D eigenvalue weighted by molar-refractivity contribution is 5.96. The van der Waals surface area contributed by atoms with E-state index in [4.69, 9.17) is 4.42 Å². The molecule has 2 atom stereocenters. The summed E-state index contributed by atoms with van der Waals surface area (Å²) in [6, 6.07) is 3.89. The smallest absolute Gasteiger partial charge is 0.270 e. The number of hydrogen-bond acceptors (Lipinski definition) is 5. The second kappa shape index (κ2) is 6.15. The third kappa shape index (κ3) is 2.78. The zero-order valence-electron chi connectivity index (χ0n) is 14.4. The van der Waals surface area contributed by atoms with Crippen molar-refractivity contribution >= 4 is 29.2 Å². The van der Waals surface area contributed by atoms with Crippen LogP contribution in [0.1, 0.15) is 30.3 Å². The van der Waals surface area contributed by atoms with Crippen LogP contribution in [0.5, 0.6) is 0 Å². The second-order valence-electron chi connectivity index (χ2n) is 7.02. The molecule has 2 unspecified atom stereocenters. The minimum absolute atomic E-state index is 0.167. The van der Waals surface area contributed by atoms with Crippen LogP contribution in [0.4, 0.5) is 5.88 Å². The summed E-state index contributed by atoms with van der Waals surface area (Å²) < 4.78 is 5.64. The highest BCUT2D eigenvalue weighted by Gasteiger charge is 2.40. The Balaban J connectivity index is 1.54. The number of pyridine rings is 1. The summed E-state index contributed by atoms with van der Waals surface area (Å²) in [5.74, 6) is 0.800. The standard InChI is InChI=1S/C18H22N4O3/c1-11-17(12-3-5-22(11)6-4-12)20-18(24)14-8-15-13(9-19-14)7-16(25-15)21(2)10-23/h7-12,17H,3-6H2,1-2H3,(H,20,24). The average Bonchev–Trinajstić information content (AvgIpc) is 3.07. The summed E-state index contributed by atoms with van der Waals surface area (Å²) in [6.07, 6.45) is 4.56. The lowest BCUT2D eigenvalue weighted by Gasteiger charge is -2.49. The molecular weight excluding hydrogens is 320 g/mol. The summed E-state index contributed by atoms with van der Waals surface area (Å²) in [4.78, 5) is 31.6. The fourth-order valence-electron chi connectivity index (χ4n) is 4.04. The maximum absolute atomic E-state index is 12.7. The number of carbonyl (C=O) groups is 2. The molecule has 0 aromatic carbocycles. The number of rotatable bonds is 4. The van der Waals surface area contributed by atoms with Crippen LogP contribution >= 0.6 is 0 Å². The zero-order valence-corrected chi connectivity index (χ0v) is 14.4. The minimum Gasteiger partial charge on any atom is -0.440 e. The molecule has 3 saturated heterocycles. The van der Waals surface area contributed by atoms with Gasteiger partial charge in [0.2, 0.25) is 12.3 Å². The Bertz CT molecular complexity index is 808. The molecule has 2 aromatic rings. The lowest BCUT2D eigenvalue weighted by atomic mass is 9.79. The van der Waals surface area contributed by atoms with Gasteiger partial charge in [-0.25, -0.2) is 0 Å². The first-order valence-corrected chi connectivity index (χ1v) is 8.69. The Hall–Kier alpha value is -2.41. The van der Waals surface area contributed by atoms with Crippen LogP contribution in [0, 0.1) is 5.92 Å². The normalized spacial score (nSPS) is 28.1. The summed E-state index contributed by atoms with van der Waals surface area (Å²) in [6.45, 7) is 4.44. The first-order chi connectivity index (χ1) is 12.1. The zero-order chi connectivity index (χ0) is 17.6. The first-order valence-electron chi connectivity index (χ1n) is 8.69. The molecule has 0 spiro atoms. The molecule has 2 bridgehead atoms. The average molecular weight is 342 g/mol. The summed E-state index contributed by atoms with van der Waals surface area (Å²) in [5.41, 5.74) is 0.886. The second-order valence-corrected chi connectivity index (χ2v) is 7.02. The van der Waals surface area contributed by atoms with Crippen molar-refractivity contribution in [3.8, 4) is 0 Å². The molecule has 7 nitrogen and oxygen atoms in total. The van der Waals surface area contributed by atoms with E-state index >= 15 is 0 Å². The number of amides is 2. The predicted molar refractivity (Wildman–Crippen MR) is 93.5 cm³/mol. The van der Waals surface area contributed by atoms with E-state index in [1.165, 1.54) is 4.90 Å². The van der Waals surface area contributed by atoms with E-state index < -0.39 is 0 Å². The molecule has 132 valence electrons. The molecule has 0 radical (unpaired) electrons. The summed E-state index contributed by atoms with van der Waals surface area (Å²) >= 11 is 0. The van der Waals surface area contributed by atoms with E-state index in [-0.39, 0.29) is 11.9 Å². The van der Waals surface area contributed by atoms with Gasteiger partial charge in [0.1, 0.15) is 11.3 Å². The monoisotopic (exact) mass is 342 g/mol. The molecule has 3 aliphatic heterocycles. The maximum atomic E-state index is 12.7. The van der Waals surface area contributed by atoms with Gasteiger partial charge in [-0.15, -0.1) is 0 Å². The van der Waals surface area contributed by atoms with Crippen molar-refractivity contribution in [2.24, 2.45) is 5.92 Å². The van der Waals surface area contributed by atoms with Gasteiger partial charge in [-0.1, -0.05) is 0 Å².